The number of amides is 2. The highest BCUT2D eigenvalue weighted by Gasteiger charge is 2.28. The molecule has 5 rings (SSSR count). The molecule has 2 N–H and O–H groups in total. The molecule has 2 amide bonds. The van der Waals surface area contributed by atoms with E-state index < -0.39 is 17.8 Å². The minimum absolute atomic E-state index is 0.0706. The first-order chi connectivity index (χ1) is 15.9. The molecular weight excluding hydrogens is 430 g/mol. The predicted molar refractivity (Wildman–Crippen MR) is 116 cm³/mol. The van der Waals surface area contributed by atoms with Crippen molar-refractivity contribution in [1.29, 1.82) is 0 Å². The van der Waals surface area contributed by atoms with Crippen LogP contribution in [0, 0.1) is 0 Å². The van der Waals surface area contributed by atoms with Crippen molar-refractivity contribution in [2.45, 2.75) is 0 Å². The van der Waals surface area contributed by atoms with Gasteiger partial charge in [-0.2, -0.15) is 5.26 Å². The first kappa shape index (κ1) is 20.2. The topological polar surface area (TPSA) is 134 Å². The zero-order chi connectivity index (χ0) is 23.3. The standard InChI is InChI=1S/C24H13NO8/c26-13-2-5-16-19(10-13)32-20-11-14(27)3-6-17(20)23(16)15-4-1-12(9-18(15)24(30)33-31)25-21(28)7-8-22(25)29/h1-11,26,31H. The number of anilines is 1. The van der Waals surface area contributed by atoms with Gasteiger partial charge in [-0.25, -0.2) is 9.69 Å². The van der Waals surface area contributed by atoms with Gasteiger partial charge in [-0.1, -0.05) is 6.07 Å². The SMILES string of the molecule is O=C(OO)c1cc(N2C(=O)C=CC2=O)ccc1-c1c2ccc(=O)cc-2oc2cc(O)ccc12. The summed E-state index contributed by atoms with van der Waals surface area (Å²) >= 11 is 0. The molecule has 0 saturated carbocycles. The Hall–Kier alpha value is -4.76. The number of carbonyl (C=O) groups excluding carboxylic acids is 3. The zero-order valence-corrected chi connectivity index (χ0v) is 16.6. The predicted octanol–water partition coefficient (Wildman–Crippen LogP) is 3.33. The van der Waals surface area contributed by atoms with Crippen LogP contribution in [-0.2, 0) is 14.5 Å². The monoisotopic (exact) mass is 443 g/mol. The summed E-state index contributed by atoms with van der Waals surface area (Å²) in [4.78, 5) is 53.5. The van der Waals surface area contributed by atoms with E-state index in [1.54, 1.807) is 6.07 Å². The molecule has 1 aliphatic carbocycles. The van der Waals surface area contributed by atoms with E-state index in [9.17, 15) is 24.3 Å². The second-order valence-electron chi connectivity index (χ2n) is 7.27. The molecule has 33 heavy (non-hydrogen) atoms. The van der Waals surface area contributed by atoms with Crippen molar-refractivity contribution in [2.24, 2.45) is 0 Å². The lowest BCUT2D eigenvalue weighted by atomic mass is 9.90. The van der Waals surface area contributed by atoms with E-state index in [1.807, 2.05) is 0 Å². The Bertz CT molecular complexity index is 1530. The van der Waals surface area contributed by atoms with E-state index in [-0.39, 0.29) is 39.3 Å². The van der Waals surface area contributed by atoms with Crippen LogP contribution in [0.2, 0.25) is 0 Å². The molecule has 0 radical (unpaired) electrons. The van der Waals surface area contributed by atoms with Gasteiger partial charge in [0.05, 0.1) is 11.3 Å². The van der Waals surface area contributed by atoms with Crippen molar-refractivity contribution in [3.05, 3.63) is 82.5 Å². The number of nitrogens with zero attached hydrogens (tertiary/aromatic N) is 1. The third kappa shape index (κ3) is 3.24. The minimum atomic E-state index is -1.12. The van der Waals surface area contributed by atoms with E-state index in [1.165, 1.54) is 48.5 Å². The van der Waals surface area contributed by atoms with Crippen molar-refractivity contribution in [3.8, 4) is 28.2 Å². The van der Waals surface area contributed by atoms with Crippen LogP contribution in [0.25, 0.3) is 33.4 Å². The maximum atomic E-state index is 12.5. The maximum absolute atomic E-state index is 12.5. The number of phenolic OH excluding ortho intramolecular Hbond substituents is 1. The number of phenols is 1. The molecule has 0 saturated heterocycles. The number of imide groups is 1. The average Bonchev–Trinajstić information content (AvgIpc) is 3.14. The molecule has 9 nitrogen and oxygen atoms in total. The number of fused-ring (bicyclic) bond motifs is 2. The molecule has 9 heteroatoms. The smallest absolute Gasteiger partial charge is 0.373 e. The van der Waals surface area contributed by atoms with E-state index in [4.69, 9.17) is 9.67 Å². The third-order valence-corrected chi connectivity index (χ3v) is 5.32. The highest BCUT2D eigenvalue weighted by Crippen LogP contribution is 2.42. The summed E-state index contributed by atoms with van der Waals surface area (Å²) in [5.41, 5.74) is 1.10. The first-order valence-electron chi connectivity index (χ1n) is 9.63. The molecule has 162 valence electrons. The summed E-state index contributed by atoms with van der Waals surface area (Å²) in [5, 5.41) is 19.5. The van der Waals surface area contributed by atoms with Gasteiger partial charge < -0.3 is 9.52 Å². The number of hydrogen-bond acceptors (Lipinski definition) is 8. The summed E-state index contributed by atoms with van der Waals surface area (Å²) in [6.07, 6.45) is 2.21. The summed E-state index contributed by atoms with van der Waals surface area (Å²) in [5.74, 6) is -2.15. The van der Waals surface area contributed by atoms with E-state index >= 15 is 0 Å². The van der Waals surface area contributed by atoms with Crippen LogP contribution < -0.4 is 10.3 Å². The second-order valence-corrected chi connectivity index (χ2v) is 7.27. The molecule has 0 aromatic heterocycles. The van der Waals surface area contributed by atoms with E-state index in [0.29, 0.717) is 16.5 Å². The van der Waals surface area contributed by atoms with Crippen molar-refractivity contribution >= 4 is 34.4 Å². The lowest BCUT2D eigenvalue weighted by Gasteiger charge is -2.19. The minimum Gasteiger partial charge on any atom is -0.508 e. The van der Waals surface area contributed by atoms with Crippen LogP contribution in [0.1, 0.15) is 10.4 Å². The molecule has 3 aliphatic rings. The molecule has 2 aromatic carbocycles. The average molecular weight is 443 g/mol. The molecular formula is C24H13NO8. The summed E-state index contributed by atoms with van der Waals surface area (Å²) in [6, 6.07) is 12.7. The Kier molecular flexibility index (Phi) is 4.54. The van der Waals surface area contributed by atoms with Gasteiger partial charge in [-0.15, -0.1) is 0 Å². The van der Waals surface area contributed by atoms with Crippen LogP contribution in [0.3, 0.4) is 0 Å². The van der Waals surface area contributed by atoms with Gasteiger partial charge in [-0.3, -0.25) is 19.3 Å². The number of hydrogen-bond donors (Lipinski definition) is 2. The highest BCUT2D eigenvalue weighted by atomic mass is 17.1. The van der Waals surface area contributed by atoms with Gasteiger partial charge >= 0.3 is 5.97 Å². The van der Waals surface area contributed by atoms with Gasteiger partial charge in [0.25, 0.3) is 11.8 Å². The van der Waals surface area contributed by atoms with Gasteiger partial charge in [0.1, 0.15) is 17.1 Å². The van der Waals surface area contributed by atoms with Crippen molar-refractivity contribution in [2.75, 3.05) is 4.90 Å². The van der Waals surface area contributed by atoms with Crippen LogP contribution in [0.5, 0.6) is 5.75 Å². The van der Waals surface area contributed by atoms with Crippen LogP contribution in [0.15, 0.2) is 76.0 Å². The Balaban J connectivity index is 1.84. The molecule has 0 fully saturated rings. The summed E-state index contributed by atoms with van der Waals surface area (Å²) < 4.78 is 5.80. The van der Waals surface area contributed by atoms with Gasteiger partial charge in [-0.05, 0) is 42.0 Å². The Morgan fingerprint density at radius 1 is 0.879 bits per heavy atom. The second kappa shape index (κ2) is 7.43. The lowest BCUT2D eigenvalue weighted by Crippen LogP contribution is -2.29. The number of rotatable bonds is 3. The van der Waals surface area contributed by atoms with Crippen LogP contribution in [-0.4, -0.2) is 28.1 Å². The number of benzene rings is 3. The largest absolute Gasteiger partial charge is 0.508 e. The Morgan fingerprint density at radius 2 is 1.61 bits per heavy atom. The third-order valence-electron chi connectivity index (χ3n) is 5.32. The van der Waals surface area contributed by atoms with Crippen LogP contribution >= 0.6 is 0 Å². The first-order valence-corrected chi connectivity index (χ1v) is 9.63. The van der Waals surface area contributed by atoms with Crippen molar-refractivity contribution < 1.29 is 34.1 Å². The van der Waals surface area contributed by atoms with E-state index in [0.717, 1.165) is 17.1 Å². The molecule has 2 heterocycles. The van der Waals surface area contributed by atoms with Crippen molar-refractivity contribution in [3.63, 3.8) is 0 Å². The Labute approximate surface area is 184 Å². The van der Waals surface area contributed by atoms with Gasteiger partial charge in [0.2, 0.25) is 0 Å². The number of aromatic hydroxyl groups is 1. The fraction of sp³-hybridized carbons (Fsp3) is 0. The molecule has 2 aliphatic heterocycles. The zero-order valence-electron chi connectivity index (χ0n) is 16.6. The van der Waals surface area contributed by atoms with Gasteiger partial charge in [0.15, 0.2) is 5.43 Å². The molecule has 0 bridgehead atoms. The van der Waals surface area contributed by atoms with Crippen molar-refractivity contribution in [1.82, 2.24) is 0 Å². The molecule has 2 aromatic rings. The highest BCUT2D eigenvalue weighted by molar-refractivity contribution is 6.28. The molecule has 0 unspecified atom stereocenters. The quantitative estimate of drug-likeness (QED) is 0.213. The van der Waals surface area contributed by atoms with Gasteiger partial charge in [0, 0.05) is 40.8 Å². The fourth-order valence-electron chi connectivity index (χ4n) is 3.91. The van der Waals surface area contributed by atoms with E-state index in [2.05, 4.69) is 4.89 Å². The summed E-state index contributed by atoms with van der Waals surface area (Å²) in [7, 11) is 0. The Morgan fingerprint density at radius 3 is 2.33 bits per heavy atom. The molecule has 0 spiro atoms. The normalized spacial score (nSPS) is 13.3. The number of carbonyl (C=O) groups is 3. The van der Waals surface area contributed by atoms with Crippen LogP contribution in [0.4, 0.5) is 5.69 Å². The maximum Gasteiger partial charge on any atom is 0.373 e. The molecule has 0 atom stereocenters. The fourth-order valence-corrected chi connectivity index (χ4v) is 3.91. The summed E-state index contributed by atoms with van der Waals surface area (Å²) in [6.45, 7) is 0. The lowest BCUT2D eigenvalue weighted by molar-refractivity contribution is -0.182.